The number of nitrogens with zero attached hydrogens (tertiary/aromatic N) is 2. The minimum Gasteiger partial charge on any atom is -0.465 e. The van der Waals surface area contributed by atoms with Gasteiger partial charge in [0, 0.05) is 23.7 Å². The van der Waals surface area contributed by atoms with Gasteiger partial charge in [-0.15, -0.1) is 0 Å². The molecule has 0 N–H and O–H groups in total. The van der Waals surface area contributed by atoms with E-state index in [1.165, 1.54) is 0 Å². The predicted molar refractivity (Wildman–Crippen MR) is 117 cm³/mol. The van der Waals surface area contributed by atoms with Gasteiger partial charge in [0.25, 0.3) is 5.69 Å². The highest BCUT2D eigenvalue weighted by Crippen LogP contribution is 2.28. The maximum atomic E-state index is 13.6. The van der Waals surface area contributed by atoms with Crippen LogP contribution in [0.1, 0.15) is 32.8 Å². The van der Waals surface area contributed by atoms with E-state index in [4.69, 9.17) is 16.3 Å². The summed E-state index contributed by atoms with van der Waals surface area (Å²) in [4.78, 5) is 22.9. The molecule has 0 aromatic heterocycles. The summed E-state index contributed by atoms with van der Waals surface area (Å²) in [7, 11) is -4.22. The average molecular weight is 469 g/mol. The van der Waals surface area contributed by atoms with Gasteiger partial charge in [-0.2, -0.15) is 4.31 Å². The number of esters is 1. The lowest BCUT2D eigenvalue weighted by Gasteiger charge is -2.30. The van der Waals surface area contributed by atoms with Crippen LogP contribution in [0.5, 0.6) is 0 Å². The first kappa shape index (κ1) is 24.8. The molecule has 0 heterocycles. The molecule has 2 aromatic carbocycles. The van der Waals surface area contributed by atoms with E-state index in [-0.39, 0.29) is 36.1 Å². The number of carbonyl (C=O) groups excluding carboxylic acids is 1. The van der Waals surface area contributed by atoms with Gasteiger partial charge in [0.2, 0.25) is 10.0 Å². The summed E-state index contributed by atoms with van der Waals surface area (Å²) in [6.07, 6.45) is 0.232. The fraction of sp³-hybridized carbons (Fsp3) is 0.381. The van der Waals surface area contributed by atoms with Crippen molar-refractivity contribution in [2.75, 3.05) is 6.61 Å². The molecule has 8 nitrogen and oxygen atoms in total. The molecule has 0 aliphatic rings. The zero-order valence-corrected chi connectivity index (χ0v) is 19.1. The number of hydrogen-bond acceptors (Lipinski definition) is 6. The van der Waals surface area contributed by atoms with Crippen molar-refractivity contribution in [2.24, 2.45) is 5.92 Å². The third-order valence-corrected chi connectivity index (χ3v) is 6.78. The minimum atomic E-state index is -4.22. The molecule has 0 saturated heterocycles. The third kappa shape index (κ3) is 6.25. The lowest BCUT2D eigenvalue weighted by molar-refractivity contribution is -0.384. The first-order valence-electron chi connectivity index (χ1n) is 9.74. The van der Waals surface area contributed by atoms with Crippen LogP contribution in [-0.4, -0.2) is 36.3 Å². The van der Waals surface area contributed by atoms with Crippen LogP contribution in [0.4, 0.5) is 5.69 Å². The van der Waals surface area contributed by atoms with Gasteiger partial charge in [-0.3, -0.25) is 14.9 Å². The number of halogens is 1. The lowest BCUT2D eigenvalue weighted by atomic mass is 10.0. The van der Waals surface area contributed by atoms with Gasteiger partial charge in [0.15, 0.2) is 0 Å². The van der Waals surface area contributed by atoms with E-state index < -0.39 is 27.0 Å². The van der Waals surface area contributed by atoms with Crippen LogP contribution in [0, 0.1) is 16.0 Å². The molecular weight excluding hydrogens is 444 g/mol. The molecule has 0 spiro atoms. The molecule has 0 aliphatic heterocycles. The van der Waals surface area contributed by atoms with Crippen LogP contribution < -0.4 is 0 Å². The van der Waals surface area contributed by atoms with Crippen molar-refractivity contribution in [1.29, 1.82) is 0 Å². The first-order valence-corrected chi connectivity index (χ1v) is 11.6. The number of nitro benzene ring substituents is 1. The van der Waals surface area contributed by atoms with E-state index in [1.54, 1.807) is 31.2 Å². The van der Waals surface area contributed by atoms with Crippen molar-refractivity contribution in [3.63, 3.8) is 0 Å². The van der Waals surface area contributed by atoms with Crippen molar-refractivity contribution >= 4 is 33.3 Å². The molecule has 1 atom stereocenters. The molecule has 0 bridgehead atoms. The molecule has 0 amide bonds. The fourth-order valence-electron chi connectivity index (χ4n) is 3.05. The van der Waals surface area contributed by atoms with E-state index in [0.29, 0.717) is 10.6 Å². The topological polar surface area (TPSA) is 107 Å². The normalized spacial score (nSPS) is 12.7. The van der Waals surface area contributed by atoms with Crippen molar-refractivity contribution in [1.82, 2.24) is 4.31 Å². The van der Waals surface area contributed by atoms with Gasteiger partial charge >= 0.3 is 5.97 Å². The van der Waals surface area contributed by atoms with Gasteiger partial charge in [-0.05, 0) is 43.0 Å². The second-order valence-corrected chi connectivity index (χ2v) is 9.59. The number of carbonyl (C=O) groups is 1. The smallest absolute Gasteiger partial charge is 0.324 e. The molecule has 0 unspecified atom stereocenters. The first-order chi connectivity index (χ1) is 14.6. The second kappa shape index (κ2) is 10.7. The van der Waals surface area contributed by atoms with Gasteiger partial charge in [0.05, 0.1) is 16.4 Å². The molecule has 0 aliphatic carbocycles. The van der Waals surface area contributed by atoms with Crippen LogP contribution in [0.15, 0.2) is 53.4 Å². The average Bonchev–Trinajstić information content (AvgIpc) is 2.71. The van der Waals surface area contributed by atoms with Crippen molar-refractivity contribution in [2.45, 2.75) is 44.7 Å². The second-order valence-electron chi connectivity index (χ2n) is 7.29. The van der Waals surface area contributed by atoms with Gasteiger partial charge in [0.1, 0.15) is 6.04 Å². The molecular formula is C21H25ClN2O6S. The number of nitro groups is 1. The lowest BCUT2D eigenvalue weighted by Crippen LogP contribution is -2.46. The number of rotatable bonds is 10. The van der Waals surface area contributed by atoms with E-state index in [1.807, 2.05) is 13.8 Å². The Labute approximate surface area is 187 Å². The highest BCUT2D eigenvalue weighted by Gasteiger charge is 2.37. The largest absolute Gasteiger partial charge is 0.465 e. The van der Waals surface area contributed by atoms with Gasteiger partial charge < -0.3 is 4.74 Å². The summed E-state index contributed by atoms with van der Waals surface area (Å²) in [5, 5.41) is 11.3. The van der Waals surface area contributed by atoms with Crippen molar-refractivity contribution in [3.05, 3.63) is 69.2 Å². The van der Waals surface area contributed by atoms with Crippen LogP contribution in [0.25, 0.3) is 0 Å². The Hall–Kier alpha value is -2.49. The third-order valence-electron chi connectivity index (χ3n) is 4.54. The fourth-order valence-corrected chi connectivity index (χ4v) is 4.81. The Morgan fingerprint density at radius 3 is 2.29 bits per heavy atom. The summed E-state index contributed by atoms with van der Waals surface area (Å²) < 4.78 is 33.4. The summed E-state index contributed by atoms with van der Waals surface area (Å²) in [5.74, 6) is -0.663. The minimum absolute atomic E-state index is 0.00443. The van der Waals surface area contributed by atoms with Crippen LogP contribution >= 0.6 is 11.6 Å². The summed E-state index contributed by atoms with van der Waals surface area (Å²) in [6.45, 7) is 5.34. The van der Waals surface area contributed by atoms with Crippen molar-refractivity contribution in [3.8, 4) is 0 Å². The SMILES string of the molecule is CCOC(=O)[C@H](CC(C)C)N(Cc1ccccc1Cl)S(=O)(=O)c1ccc([N+](=O)[O-])cc1. The molecule has 2 rings (SSSR count). The number of non-ortho nitro benzene ring substituents is 1. The zero-order valence-electron chi connectivity index (χ0n) is 17.5. The van der Waals surface area contributed by atoms with Crippen LogP contribution in [0.2, 0.25) is 5.02 Å². The van der Waals surface area contributed by atoms with E-state index in [0.717, 1.165) is 28.6 Å². The molecule has 2 aromatic rings. The molecule has 0 saturated carbocycles. The Morgan fingerprint density at radius 2 is 1.77 bits per heavy atom. The van der Waals surface area contributed by atoms with Gasteiger partial charge in [-0.1, -0.05) is 43.6 Å². The van der Waals surface area contributed by atoms with E-state index >= 15 is 0 Å². The number of benzene rings is 2. The van der Waals surface area contributed by atoms with E-state index in [9.17, 15) is 23.3 Å². The maximum absolute atomic E-state index is 13.6. The summed E-state index contributed by atoms with van der Waals surface area (Å²) >= 11 is 6.26. The Balaban J connectivity index is 2.59. The Morgan fingerprint density at radius 1 is 1.16 bits per heavy atom. The van der Waals surface area contributed by atoms with Crippen LogP contribution in [-0.2, 0) is 26.1 Å². The number of hydrogen-bond donors (Lipinski definition) is 0. The monoisotopic (exact) mass is 468 g/mol. The summed E-state index contributed by atoms with van der Waals surface area (Å²) in [6, 6.07) is 10.2. The maximum Gasteiger partial charge on any atom is 0.324 e. The standard InChI is InChI=1S/C21H25ClN2O6S/c1-4-30-21(25)20(13-15(2)3)23(14-16-7-5-6-8-19(16)22)31(28,29)18-11-9-17(10-12-18)24(26)27/h5-12,15,20H,4,13-14H2,1-3H3/t20-/m0/s1. The van der Waals surface area contributed by atoms with Crippen LogP contribution in [0.3, 0.4) is 0 Å². The zero-order chi connectivity index (χ0) is 23.2. The van der Waals surface area contributed by atoms with Gasteiger partial charge in [-0.25, -0.2) is 8.42 Å². The molecule has 10 heteroatoms. The number of sulfonamides is 1. The van der Waals surface area contributed by atoms with Crippen molar-refractivity contribution < 1.29 is 22.9 Å². The quantitative estimate of drug-likeness (QED) is 0.290. The highest BCUT2D eigenvalue weighted by molar-refractivity contribution is 7.89. The molecule has 0 fully saturated rings. The molecule has 168 valence electrons. The predicted octanol–water partition coefficient (Wildman–Crippen LogP) is 4.42. The van der Waals surface area contributed by atoms with E-state index in [2.05, 4.69) is 0 Å². The number of ether oxygens (including phenoxy) is 1. The Bertz CT molecular complexity index is 1020. The highest BCUT2D eigenvalue weighted by atomic mass is 35.5. The molecule has 31 heavy (non-hydrogen) atoms. The summed E-state index contributed by atoms with van der Waals surface area (Å²) in [5.41, 5.74) is 0.286. The molecule has 0 radical (unpaired) electrons. The Kier molecular flexibility index (Phi) is 8.55.